The average Bonchev–Trinajstić information content (AvgIpc) is 3.10. The van der Waals surface area contributed by atoms with Crippen molar-refractivity contribution in [2.75, 3.05) is 37.6 Å². The lowest BCUT2D eigenvalue weighted by Gasteiger charge is -2.32. The summed E-state index contributed by atoms with van der Waals surface area (Å²) >= 11 is 0. The average molecular weight is 381 g/mol. The maximum absolute atomic E-state index is 12.7. The van der Waals surface area contributed by atoms with E-state index < -0.39 is 0 Å². The first-order valence-corrected chi connectivity index (χ1v) is 9.52. The fraction of sp³-hybridized carbons (Fsp3) is 0.400. The van der Waals surface area contributed by atoms with Gasteiger partial charge in [-0.05, 0) is 12.1 Å². The van der Waals surface area contributed by atoms with Crippen LogP contribution in [-0.2, 0) is 4.79 Å². The number of anilines is 1. The van der Waals surface area contributed by atoms with E-state index in [0.717, 1.165) is 18.5 Å². The van der Waals surface area contributed by atoms with Crippen molar-refractivity contribution in [3.05, 3.63) is 48.9 Å². The van der Waals surface area contributed by atoms with Gasteiger partial charge in [0.05, 0.1) is 0 Å². The first-order valence-electron chi connectivity index (χ1n) is 9.52. The van der Waals surface area contributed by atoms with Crippen LogP contribution in [0.4, 0.5) is 10.5 Å². The molecule has 0 saturated carbocycles. The minimum Gasteiger partial charge on any atom is -0.474 e. The molecule has 0 N–H and O–H groups in total. The van der Waals surface area contributed by atoms with Crippen molar-refractivity contribution in [1.82, 2.24) is 19.8 Å². The molecule has 0 unspecified atom stereocenters. The predicted octanol–water partition coefficient (Wildman–Crippen LogP) is 1.79. The maximum Gasteiger partial charge on any atom is 0.325 e. The van der Waals surface area contributed by atoms with E-state index in [0.29, 0.717) is 32.1 Å². The van der Waals surface area contributed by atoms with Gasteiger partial charge < -0.3 is 14.5 Å². The first kappa shape index (κ1) is 18.2. The van der Waals surface area contributed by atoms with Crippen molar-refractivity contribution in [1.29, 1.82) is 0 Å². The van der Waals surface area contributed by atoms with Crippen LogP contribution in [0.25, 0.3) is 0 Å². The second-order valence-corrected chi connectivity index (χ2v) is 6.94. The van der Waals surface area contributed by atoms with Gasteiger partial charge in [-0.1, -0.05) is 18.2 Å². The quantitative estimate of drug-likeness (QED) is 0.789. The summed E-state index contributed by atoms with van der Waals surface area (Å²) in [4.78, 5) is 38.4. The molecule has 2 aliphatic rings. The molecule has 0 bridgehead atoms. The molecular formula is C20H23N5O3. The summed E-state index contributed by atoms with van der Waals surface area (Å²) in [6, 6.07) is 11.2. The second kappa shape index (κ2) is 8.24. The number of carbonyl (C=O) groups excluding carboxylic acids is 2. The van der Waals surface area contributed by atoms with Crippen molar-refractivity contribution >= 4 is 17.6 Å². The third-order valence-corrected chi connectivity index (χ3v) is 5.13. The Bertz CT molecular complexity index is 809. The standard InChI is InChI=1S/C20H23N5O3/c26-19(14-24-12-13-25(20(24)27)16-4-2-1-3-5-16)23-10-7-17(8-11-23)28-18-6-9-21-15-22-18/h1-6,9,15,17H,7-8,10-14H2. The Hall–Kier alpha value is -3.16. The molecule has 0 spiro atoms. The van der Waals surface area contributed by atoms with E-state index in [1.54, 1.807) is 22.1 Å². The molecule has 0 radical (unpaired) electrons. The van der Waals surface area contributed by atoms with Crippen molar-refractivity contribution in [2.24, 2.45) is 0 Å². The van der Waals surface area contributed by atoms with E-state index in [-0.39, 0.29) is 24.6 Å². The van der Waals surface area contributed by atoms with E-state index in [1.165, 1.54) is 6.33 Å². The fourth-order valence-electron chi connectivity index (χ4n) is 3.58. The monoisotopic (exact) mass is 381 g/mol. The largest absolute Gasteiger partial charge is 0.474 e. The number of benzene rings is 1. The van der Waals surface area contributed by atoms with Gasteiger partial charge in [-0.2, -0.15) is 0 Å². The number of hydrogen-bond donors (Lipinski definition) is 0. The highest BCUT2D eigenvalue weighted by molar-refractivity contribution is 5.96. The number of urea groups is 1. The lowest BCUT2D eigenvalue weighted by molar-refractivity contribution is -0.133. The first-order chi connectivity index (χ1) is 13.7. The Morgan fingerprint density at radius 3 is 2.57 bits per heavy atom. The number of likely N-dealkylation sites (tertiary alicyclic amines) is 1. The van der Waals surface area contributed by atoms with Gasteiger partial charge in [0.2, 0.25) is 11.8 Å². The summed E-state index contributed by atoms with van der Waals surface area (Å²) in [6.45, 7) is 2.54. The van der Waals surface area contributed by atoms with Crippen LogP contribution >= 0.6 is 0 Å². The molecule has 3 amide bonds. The number of amides is 3. The highest BCUT2D eigenvalue weighted by Crippen LogP contribution is 2.21. The van der Waals surface area contributed by atoms with Gasteiger partial charge in [-0.25, -0.2) is 14.8 Å². The van der Waals surface area contributed by atoms with Crippen molar-refractivity contribution in [3.63, 3.8) is 0 Å². The summed E-state index contributed by atoms with van der Waals surface area (Å²) in [5.74, 6) is 0.548. The van der Waals surface area contributed by atoms with Crippen LogP contribution in [0.15, 0.2) is 48.9 Å². The van der Waals surface area contributed by atoms with Crippen LogP contribution in [0, 0.1) is 0 Å². The number of carbonyl (C=O) groups is 2. The molecule has 4 rings (SSSR count). The molecule has 2 aromatic rings. The molecule has 8 nitrogen and oxygen atoms in total. The maximum atomic E-state index is 12.7. The highest BCUT2D eigenvalue weighted by Gasteiger charge is 2.33. The van der Waals surface area contributed by atoms with Crippen molar-refractivity contribution in [3.8, 4) is 5.88 Å². The van der Waals surface area contributed by atoms with Crippen LogP contribution in [0.5, 0.6) is 5.88 Å². The number of ether oxygens (including phenoxy) is 1. The van der Waals surface area contributed by atoms with E-state index in [2.05, 4.69) is 9.97 Å². The third-order valence-electron chi connectivity index (χ3n) is 5.13. The van der Waals surface area contributed by atoms with Crippen molar-refractivity contribution in [2.45, 2.75) is 18.9 Å². The fourth-order valence-corrected chi connectivity index (χ4v) is 3.58. The van der Waals surface area contributed by atoms with Crippen LogP contribution < -0.4 is 9.64 Å². The third kappa shape index (κ3) is 4.05. The number of hydrogen-bond acceptors (Lipinski definition) is 5. The number of nitrogens with zero attached hydrogens (tertiary/aromatic N) is 5. The van der Waals surface area contributed by atoms with Crippen LogP contribution in [-0.4, -0.2) is 70.5 Å². The topological polar surface area (TPSA) is 78.9 Å². The van der Waals surface area contributed by atoms with Gasteiger partial charge in [0.1, 0.15) is 19.0 Å². The van der Waals surface area contributed by atoms with Gasteiger partial charge in [0, 0.05) is 57.0 Å². The van der Waals surface area contributed by atoms with Crippen LogP contribution in [0.1, 0.15) is 12.8 Å². The zero-order valence-electron chi connectivity index (χ0n) is 15.6. The molecular weight excluding hydrogens is 358 g/mol. The van der Waals surface area contributed by atoms with Crippen LogP contribution in [0.3, 0.4) is 0 Å². The minimum absolute atomic E-state index is 0.0104. The lowest BCUT2D eigenvalue weighted by atomic mass is 10.1. The molecule has 0 atom stereocenters. The summed E-state index contributed by atoms with van der Waals surface area (Å²) in [7, 11) is 0. The molecule has 0 aliphatic carbocycles. The molecule has 146 valence electrons. The summed E-state index contributed by atoms with van der Waals surface area (Å²) < 4.78 is 5.84. The molecule has 8 heteroatoms. The second-order valence-electron chi connectivity index (χ2n) is 6.94. The van der Waals surface area contributed by atoms with E-state index in [4.69, 9.17) is 4.74 Å². The number of piperidine rings is 1. The number of para-hydroxylation sites is 1. The zero-order chi connectivity index (χ0) is 19.3. The van der Waals surface area contributed by atoms with Crippen LogP contribution in [0.2, 0.25) is 0 Å². The molecule has 2 aliphatic heterocycles. The number of aromatic nitrogens is 2. The number of rotatable bonds is 5. The normalized spacial score (nSPS) is 17.9. The predicted molar refractivity (Wildman–Crippen MR) is 103 cm³/mol. The highest BCUT2D eigenvalue weighted by atomic mass is 16.5. The Balaban J connectivity index is 1.26. The molecule has 1 aromatic carbocycles. The van der Waals surface area contributed by atoms with Gasteiger partial charge in [-0.15, -0.1) is 0 Å². The summed E-state index contributed by atoms with van der Waals surface area (Å²) in [5, 5.41) is 0. The summed E-state index contributed by atoms with van der Waals surface area (Å²) in [5.41, 5.74) is 0.866. The van der Waals surface area contributed by atoms with Crippen molar-refractivity contribution < 1.29 is 14.3 Å². The van der Waals surface area contributed by atoms with Gasteiger partial charge >= 0.3 is 6.03 Å². The Kier molecular flexibility index (Phi) is 5.36. The van der Waals surface area contributed by atoms with E-state index in [9.17, 15) is 9.59 Å². The lowest BCUT2D eigenvalue weighted by Crippen LogP contribution is -2.47. The minimum atomic E-state index is -0.110. The molecule has 1 aromatic heterocycles. The van der Waals surface area contributed by atoms with Gasteiger partial charge in [-0.3, -0.25) is 9.69 Å². The van der Waals surface area contributed by atoms with Gasteiger partial charge in [0.15, 0.2) is 0 Å². The Morgan fingerprint density at radius 1 is 1.07 bits per heavy atom. The van der Waals surface area contributed by atoms with Gasteiger partial charge in [0.25, 0.3) is 0 Å². The molecule has 3 heterocycles. The Morgan fingerprint density at radius 2 is 1.86 bits per heavy atom. The van der Waals surface area contributed by atoms with E-state index >= 15 is 0 Å². The van der Waals surface area contributed by atoms with E-state index in [1.807, 2.05) is 35.2 Å². The SMILES string of the molecule is O=C(CN1CCN(c2ccccc2)C1=O)N1CCC(Oc2ccncn2)CC1. The summed E-state index contributed by atoms with van der Waals surface area (Å²) in [6.07, 6.45) is 4.65. The Labute approximate surface area is 163 Å². The molecule has 2 saturated heterocycles. The zero-order valence-corrected chi connectivity index (χ0v) is 15.6. The smallest absolute Gasteiger partial charge is 0.325 e. The molecule has 28 heavy (non-hydrogen) atoms. The molecule has 2 fully saturated rings.